The first-order chi connectivity index (χ1) is 8.32. The van der Waals surface area contributed by atoms with Crippen LogP contribution in [0.25, 0.3) is 0 Å². The third-order valence-electron chi connectivity index (χ3n) is 4.37. The maximum atomic E-state index is 11.3. The van der Waals surface area contributed by atoms with Crippen molar-refractivity contribution in [1.29, 1.82) is 0 Å². The summed E-state index contributed by atoms with van der Waals surface area (Å²) in [6.45, 7) is 8.06. The van der Waals surface area contributed by atoms with E-state index >= 15 is 0 Å². The van der Waals surface area contributed by atoms with Crippen LogP contribution in [0.2, 0.25) is 0 Å². The molecule has 2 rings (SSSR count). The topological polar surface area (TPSA) is 37.3 Å². The number of aliphatic carboxylic acids is 1. The zero-order valence-corrected chi connectivity index (χ0v) is 11.7. The van der Waals surface area contributed by atoms with Crippen LogP contribution in [0, 0.1) is 11.8 Å². The van der Waals surface area contributed by atoms with Gasteiger partial charge in [0.1, 0.15) is 0 Å². The largest absolute Gasteiger partial charge is 0.481 e. The van der Waals surface area contributed by atoms with Gasteiger partial charge in [0.2, 0.25) is 0 Å². The molecule has 2 nitrogen and oxygen atoms in total. The van der Waals surface area contributed by atoms with E-state index in [2.05, 4.69) is 26.0 Å². The molecule has 1 atom stereocenters. The Bertz CT molecular complexity index is 472. The lowest BCUT2D eigenvalue weighted by Crippen LogP contribution is -2.28. The van der Waals surface area contributed by atoms with E-state index in [9.17, 15) is 9.90 Å². The van der Waals surface area contributed by atoms with Crippen LogP contribution in [0.4, 0.5) is 0 Å². The third kappa shape index (κ3) is 2.16. The second-order valence-corrected chi connectivity index (χ2v) is 6.33. The molecule has 98 valence electrons. The Balaban J connectivity index is 2.32. The highest BCUT2D eigenvalue weighted by Crippen LogP contribution is 2.34. The van der Waals surface area contributed by atoms with Crippen LogP contribution in [0.3, 0.4) is 0 Å². The zero-order valence-electron chi connectivity index (χ0n) is 11.7. The van der Waals surface area contributed by atoms with E-state index in [4.69, 9.17) is 0 Å². The van der Waals surface area contributed by atoms with Gasteiger partial charge in [-0.3, -0.25) is 4.79 Å². The van der Waals surface area contributed by atoms with Gasteiger partial charge in [-0.15, -0.1) is 0 Å². The molecule has 0 saturated carbocycles. The van der Waals surface area contributed by atoms with Crippen molar-refractivity contribution < 1.29 is 9.90 Å². The van der Waals surface area contributed by atoms with E-state index in [1.807, 2.05) is 6.07 Å². The minimum absolute atomic E-state index is 0.688. The lowest BCUT2D eigenvalue weighted by atomic mass is 9.83. The molecule has 1 aliphatic rings. The van der Waals surface area contributed by atoms with E-state index in [-0.39, 0.29) is 0 Å². The van der Waals surface area contributed by atoms with E-state index in [0.717, 1.165) is 18.4 Å². The van der Waals surface area contributed by atoms with Crippen LogP contribution in [0.15, 0.2) is 18.2 Å². The van der Waals surface area contributed by atoms with Crippen molar-refractivity contribution in [3.05, 3.63) is 34.9 Å². The molecule has 0 amide bonds. The van der Waals surface area contributed by atoms with Gasteiger partial charge in [0.25, 0.3) is 0 Å². The van der Waals surface area contributed by atoms with Gasteiger partial charge in [-0.25, -0.2) is 0 Å². The summed E-state index contributed by atoms with van der Waals surface area (Å²) < 4.78 is 0. The van der Waals surface area contributed by atoms with Crippen molar-refractivity contribution >= 4 is 5.97 Å². The second kappa shape index (κ2) is 4.42. The van der Waals surface area contributed by atoms with Crippen molar-refractivity contribution in [2.45, 2.75) is 46.0 Å². The molecule has 0 spiro atoms. The Kier molecular flexibility index (Phi) is 3.22. The highest BCUT2D eigenvalue weighted by molar-refractivity contribution is 5.80. The summed E-state index contributed by atoms with van der Waals surface area (Å²) in [6, 6.07) is 6.21. The molecule has 0 radical (unpaired) electrons. The summed E-state index contributed by atoms with van der Waals surface area (Å²) in [5, 5.41) is 9.28. The van der Waals surface area contributed by atoms with E-state index < -0.39 is 11.4 Å². The van der Waals surface area contributed by atoms with Crippen molar-refractivity contribution in [2.75, 3.05) is 0 Å². The third-order valence-corrected chi connectivity index (χ3v) is 4.37. The van der Waals surface area contributed by atoms with Crippen molar-refractivity contribution in [2.24, 2.45) is 11.8 Å². The monoisotopic (exact) mass is 246 g/mol. The number of rotatable bonds is 3. The second-order valence-electron chi connectivity index (χ2n) is 6.33. The predicted octanol–water partition coefficient (Wildman–Crippen LogP) is 3.42. The summed E-state index contributed by atoms with van der Waals surface area (Å²) in [7, 11) is 0. The first-order valence-corrected chi connectivity index (χ1v) is 6.68. The van der Waals surface area contributed by atoms with Crippen molar-refractivity contribution in [1.82, 2.24) is 0 Å². The SMILES string of the molecule is CC(C)C1Cc2ccc(C(C)(C)C(=O)O)cc2C1. The van der Waals surface area contributed by atoms with E-state index in [0.29, 0.717) is 11.8 Å². The normalized spacial score (nSPS) is 19.1. The van der Waals surface area contributed by atoms with Gasteiger partial charge >= 0.3 is 5.97 Å². The number of carboxylic acid groups (broad SMARTS) is 1. The Morgan fingerprint density at radius 3 is 2.44 bits per heavy atom. The quantitative estimate of drug-likeness (QED) is 0.887. The lowest BCUT2D eigenvalue weighted by molar-refractivity contribution is -0.142. The molecule has 1 unspecified atom stereocenters. The van der Waals surface area contributed by atoms with Crippen molar-refractivity contribution in [3.8, 4) is 0 Å². The average molecular weight is 246 g/mol. The van der Waals surface area contributed by atoms with Gasteiger partial charge < -0.3 is 5.11 Å². The molecule has 0 bridgehead atoms. The first kappa shape index (κ1) is 13.1. The smallest absolute Gasteiger partial charge is 0.313 e. The molecule has 2 heteroatoms. The molecule has 1 aliphatic carbocycles. The predicted molar refractivity (Wildman–Crippen MR) is 72.8 cm³/mol. The molecule has 1 aromatic rings. The Morgan fingerprint density at radius 1 is 1.28 bits per heavy atom. The number of fused-ring (bicyclic) bond motifs is 1. The molecule has 0 aliphatic heterocycles. The molecule has 0 saturated heterocycles. The van der Waals surface area contributed by atoms with Crippen LogP contribution < -0.4 is 0 Å². The van der Waals surface area contributed by atoms with Gasteiger partial charge in [-0.2, -0.15) is 0 Å². The summed E-state index contributed by atoms with van der Waals surface area (Å²) in [5.41, 5.74) is 2.86. The van der Waals surface area contributed by atoms with Crippen LogP contribution in [0.5, 0.6) is 0 Å². The van der Waals surface area contributed by atoms with Gasteiger partial charge in [0, 0.05) is 0 Å². The fraction of sp³-hybridized carbons (Fsp3) is 0.562. The molecule has 1 aromatic carbocycles. The Morgan fingerprint density at radius 2 is 1.89 bits per heavy atom. The van der Waals surface area contributed by atoms with Gasteiger partial charge in [0.15, 0.2) is 0 Å². The highest BCUT2D eigenvalue weighted by atomic mass is 16.4. The molecular formula is C16H22O2. The number of benzene rings is 1. The molecular weight excluding hydrogens is 224 g/mol. The number of hydrogen-bond acceptors (Lipinski definition) is 1. The van der Waals surface area contributed by atoms with Crippen molar-refractivity contribution in [3.63, 3.8) is 0 Å². The highest BCUT2D eigenvalue weighted by Gasteiger charge is 2.31. The molecule has 0 fully saturated rings. The minimum Gasteiger partial charge on any atom is -0.481 e. The molecule has 18 heavy (non-hydrogen) atoms. The Hall–Kier alpha value is -1.31. The zero-order chi connectivity index (χ0) is 13.5. The van der Waals surface area contributed by atoms with Crippen LogP contribution in [-0.2, 0) is 23.1 Å². The maximum Gasteiger partial charge on any atom is 0.313 e. The van der Waals surface area contributed by atoms with E-state index in [1.54, 1.807) is 13.8 Å². The van der Waals surface area contributed by atoms with Gasteiger partial charge in [-0.05, 0) is 55.2 Å². The molecule has 1 N–H and O–H groups in total. The molecule has 0 aromatic heterocycles. The average Bonchev–Trinajstić information content (AvgIpc) is 2.71. The number of carboxylic acids is 1. The fourth-order valence-electron chi connectivity index (χ4n) is 2.64. The van der Waals surface area contributed by atoms with Gasteiger partial charge in [0.05, 0.1) is 5.41 Å². The summed E-state index contributed by atoms with van der Waals surface area (Å²) in [4.78, 5) is 11.3. The van der Waals surface area contributed by atoms with Crippen LogP contribution >= 0.6 is 0 Å². The summed E-state index contributed by atoms with van der Waals surface area (Å²) >= 11 is 0. The number of hydrogen-bond donors (Lipinski definition) is 1. The standard InChI is InChI=1S/C16H22O2/c1-10(2)12-7-11-5-6-14(9-13(11)8-12)16(3,4)15(17)18/h5-6,9-10,12H,7-8H2,1-4H3,(H,17,18). The first-order valence-electron chi connectivity index (χ1n) is 6.68. The van der Waals surface area contributed by atoms with E-state index in [1.165, 1.54) is 11.1 Å². The lowest BCUT2D eigenvalue weighted by Gasteiger charge is -2.20. The summed E-state index contributed by atoms with van der Waals surface area (Å²) in [6.07, 6.45) is 2.23. The number of carbonyl (C=O) groups is 1. The maximum absolute atomic E-state index is 11.3. The fourth-order valence-corrected chi connectivity index (χ4v) is 2.64. The molecule has 0 heterocycles. The summed E-state index contributed by atoms with van der Waals surface area (Å²) in [5.74, 6) is 0.636. The van der Waals surface area contributed by atoms with Crippen LogP contribution in [-0.4, -0.2) is 11.1 Å². The minimum atomic E-state index is -0.801. The van der Waals surface area contributed by atoms with Crippen LogP contribution in [0.1, 0.15) is 44.4 Å². The van der Waals surface area contributed by atoms with Gasteiger partial charge in [-0.1, -0.05) is 32.0 Å². The Labute approximate surface area is 109 Å².